The van der Waals surface area contributed by atoms with Crippen LogP contribution in [-0.4, -0.2) is 14.7 Å². The Balaban J connectivity index is 0.00000162. The van der Waals surface area contributed by atoms with Gasteiger partial charge in [-0.05, 0) is 12.0 Å². The van der Waals surface area contributed by atoms with E-state index in [0.29, 0.717) is 13.0 Å². The largest absolute Gasteiger partial charge is 0.383 e. The molecule has 0 saturated heterocycles. The summed E-state index contributed by atoms with van der Waals surface area (Å²) in [4.78, 5) is 3.99. The maximum atomic E-state index is 10.7. The van der Waals surface area contributed by atoms with Crippen LogP contribution in [0.4, 0.5) is 0 Å². The van der Waals surface area contributed by atoms with Crippen LogP contribution in [0.15, 0.2) is 61.7 Å². The Morgan fingerprint density at radius 3 is 2.61 bits per heavy atom. The highest BCUT2D eigenvalue weighted by molar-refractivity contribution is 5.85. The molecule has 18 heavy (non-hydrogen) atoms. The van der Waals surface area contributed by atoms with Crippen LogP contribution in [0.25, 0.3) is 0 Å². The average molecular weight is 265 g/mol. The van der Waals surface area contributed by atoms with E-state index in [2.05, 4.69) is 11.6 Å². The lowest BCUT2D eigenvalue weighted by Gasteiger charge is -2.28. The van der Waals surface area contributed by atoms with Gasteiger partial charge in [-0.25, -0.2) is 4.98 Å². The second-order valence-corrected chi connectivity index (χ2v) is 4.13. The van der Waals surface area contributed by atoms with Crippen molar-refractivity contribution in [1.82, 2.24) is 9.55 Å². The Labute approximate surface area is 113 Å². The molecule has 1 aromatic heterocycles. The van der Waals surface area contributed by atoms with Crippen molar-refractivity contribution in [3.63, 3.8) is 0 Å². The van der Waals surface area contributed by atoms with Crippen molar-refractivity contribution in [3.05, 3.63) is 67.3 Å². The average Bonchev–Trinajstić information content (AvgIpc) is 2.83. The standard InChI is InChI=1S/C14H16N2O.ClH/c1-2-8-14(17,11-16-10-9-15-12-16)13-6-4-3-5-7-13;/h2-7,9-10,12,17H,1,8,11H2;1H. The van der Waals surface area contributed by atoms with Crippen LogP contribution in [0.2, 0.25) is 0 Å². The molecule has 2 aromatic rings. The smallest absolute Gasteiger partial charge is 0.111 e. The first-order chi connectivity index (χ1) is 8.24. The highest BCUT2D eigenvalue weighted by atomic mass is 35.5. The Hall–Kier alpha value is -1.58. The van der Waals surface area contributed by atoms with Crippen LogP contribution in [0.5, 0.6) is 0 Å². The molecular formula is C14H17ClN2O. The van der Waals surface area contributed by atoms with E-state index in [9.17, 15) is 5.11 Å². The minimum Gasteiger partial charge on any atom is -0.383 e. The molecule has 0 spiro atoms. The van der Waals surface area contributed by atoms with Crippen molar-refractivity contribution in [2.75, 3.05) is 0 Å². The number of aromatic nitrogens is 2. The fourth-order valence-corrected chi connectivity index (χ4v) is 1.94. The molecule has 1 unspecified atom stereocenters. The Morgan fingerprint density at radius 1 is 1.33 bits per heavy atom. The molecule has 96 valence electrons. The van der Waals surface area contributed by atoms with Gasteiger partial charge in [0, 0.05) is 12.4 Å². The molecule has 0 radical (unpaired) electrons. The molecule has 1 aromatic carbocycles. The van der Waals surface area contributed by atoms with E-state index in [1.807, 2.05) is 41.1 Å². The van der Waals surface area contributed by atoms with Crippen LogP contribution in [0, 0.1) is 0 Å². The number of imidazole rings is 1. The summed E-state index contributed by atoms with van der Waals surface area (Å²) < 4.78 is 1.87. The predicted molar refractivity (Wildman–Crippen MR) is 74.6 cm³/mol. The van der Waals surface area contributed by atoms with Gasteiger partial charge in [0.1, 0.15) is 5.60 Å². The van der Waals surface area contributed by atoms with Gasteiger partial charge in [-0.15, -0.1) is 19.0 Å². The molecular weight excluding hydrogens is 248 g/mol. The number of hydrogen-bond donors (Lipinski definition) is 1. The number of rotatable bonds is 5. The first kappa shape index (κ1) is 14.5. The molecule has 0 amide bonds. The Bertz CT molecular complexity index is 470. The SMILES string of the molecule is C=CCC(O)(Cn1ccnc1)c1ccccc1.Cl. The number of benzene rings is 1. The summed E-state index contributed by atoms with van der Waals surface area (Å²) in [5, 5.41) is 10.7. The van der Waals surface area contributed by atoms with Crippen molar-refractivity contribution in [2.45, 2.75) is 18.6 Å². The first-order valence-electron chi connectivity index (χ1n) is 5.59. The molecule has 3 nitrogen and oxygen atoms in total. The third-order valence-electron chi connectivity index (χ3n) is 2.80. The maximum Gasteiger partial charge on any atom is 0.111 e. The van der Waals surface area contributed by atoms with Gasteiger partial charge in [0.05, 0.1) is 12.9 Å². The van der Waals surface area contributed by atoms with Crippen molar-refractivity contribution < 1.29 is 5.11 Å². The molecule has 0 aliphatic carbocycles. The molecule has 1 N–H and O–H groups in total. The minimum absolute atomic E-state index is 0. The number of aliphatic hydroxyl groups is 1. The summed E-state index contributed by atoms with van der Waals surface area (Å²) in [6.07, 6.45) is 7.51. The zero-order valence-electron chi connectivity index (χ0n) is 10.1. The van der Waals surface area contributed by atoms with Gasteiger partial charge in [-0.3, -0.25) is 0 Å². The van der Waals surface area contributed by atoms with E-state index < -0.39 is 5.60 Å². The Morgan fingerprint density at radius 2 is 2.06 bits per heavy atom. The normalized spacial score (nSPS) is 13.4. The molecule has 0 aliphatic rings. The van der Waals surface area contributed by atoms with Crippen molar-refractivity contribution >= 4 is 12.4 Å². The molecule has 0 bridgehead atoms. The topological polar surface area (TPSA) is 38.0 Å². The molecule has 1 heterocycles. The van der Waals surface area contributed by atoms with Gasteiger partial charge in [0.15, 0.2) is 0 Å². The predicted octanol–water partition coefficient (Wildman–Crippen LogP) is 2.77. The van der Waals surface area contributed by atoms with Gasteiger partial charge in [0.2, 0.25) is 0 Å². The third kappa shape index (κ3) is 3.22. The molecule has 0 aliphatic heterocycles. The third-order valence-corrected chi connectivity index (χ3v) is 2.80. The van der Waals surface area contributed by atoms with Gasteiger partial charge in [-0.2, -0.15) is 0 Å². The van der Waals surface area contributed by atoms with Crippen LogP contribution in [0.3, 0.4) is 0 Å². The van der Waals surface area contributed by atoms with E-state index in [0.717, 1.165) is 5.56 Å². The summed E-state index contributed by atoms with van der Waals surface area (Å²) in [7, 11) is 0. The summed E-state index contributed by atoms with van der Waals surface area (Å²) in [5.74, 6) is 0. The summed E-state index contributed by atoms with van der Waals surface area (Å²) >= 11 is 0. The zero-order chi connectivity index (χ0) is 12.1. The summed E-state index contributed by atoms with van der Waals surface area (Å²) in [6, 6.07) is 9.66. The van der Waals surface area contributed by atoms with E-state index in [1.165, 1.54) is 0 Å². The molecule has 4 heteroatoms. The maximum absolute atomic E-state index is 10.7. The van der Waals surface area contributed by atoms with E-state index in [1.54, 1.807) is 18.6 Å². The molecule has 0 fully saturated rings. The zero-order valence-corrected chi connectivity index (χ0v) is 10.9. The van der Waals surface area contributed by atoms with Crippen LogP contribution in [-0.2, 0) is 12.1 Å². The fraction of sp³-hybridized carbons (Fsp3) is 0.214. The monoisotopic (exact) mass is 264 g/mol. The lowest BCUT2D eigenvalue weighted by atomic mass is 9.90. The highest BCUT2D eigenvalue weighted by Gasteiger charge is 2.27. The lowest BCUT2D eigenvalue weighted by molar-refractivity contribution is 0.0213. The number of hydrogen-bond acceptors (Lipinski definition) is 2. The van der Waals surface area contributed by atoms with Crippen LogP contribution < -0.4 is 0 Å². The van der Waals surface area contributed by atoms with E-state index >= 15 is 0 Å². The van der Waals surface area contributed by atoms with Gasteiger partial charge >= 0.3 is 0 Å². The van der Waals surface area contributed by atoms with Crippen molar-refractivity contribution in [2.24, 2.45) is 0 Å². The van der Waals surface area contributed by atoms with E-state index in [-0.39, 0.29) is 12.4 Å². The van der Waals surface area contributed by atoms with Gasteiger partial charge in [0.25, 0.3) is 0 Å². The second kappa shape index (κ2) is 6.38. The lowest BCUT2D eigenvalue weighted by Crippen LogP contribution is -2.30. The molecule has 0 saturated carbocycles. The summed E-state index contributed by atoms with van der Waals surface area (Å²) in [5.41, 5.74) is -0.0300. The fourth-order valence-electron chi connectivity index (χ4n) is 1.94. The van der Waals surface area contributed by atoms with Gasteiger partial charge in [-0.1, -0.05) is 36.4 Å². The first-order valence-corrected chi connectivity index (χ1v) is 5.59. The molecule has 1 atom stereocenters. The van der Waals surface area contributed by atoms with Crippen molar-refractivity contribution in [1.29, 1.82) is 0 Å². The van der Waals surface area contributed by atoms with Crippen LogP contribution >= 0.6 is 12.4 Å². The highest BCUT2D eigenvalue weighted by Crippen LogP contribution is 2.27. The second-order valence-electron chi connectivity index (χ2n) is 4.13. The number of halogens is 1. The van der Waals surface area contributed by atoms with Gasteiger partial charge < -0.3 is 9.67 Å². The van der Waals surface area contributed by atoms with Crippen molar-refractivity contribution in [3.8, 4) is 0 Å². The van der Waals surface area contributed by atoms with E-state index in [4.69, 9.17) is 0 Å². The minimum atomic E-state index is -0.927. The summed E-state index contributed by atoms with van der Waals surface area (Å²) in [6.45, 7) is 4.19. The quantitative estimate of drug-likeness (QED) is 0.844. The number of nitrogens with zero attached hydrogens (tertiary/aromatic N) is 2. The molecule has 2 rings (SSSR count). The van der Waals surface area contributed by atoms with Crippen LogP contribution in [0.1, 0.15) is 12.0 Å². The Kier molecular flexibility index (Phi) is 5.13.